The Morgan fingerprint density at radius 2 is 2.17 bits per heavy atom. The van der Waals surface area contributed by atoms with Crippen LogP contribution in [0.2, 0.25) is 10.3 Å². The van der Waals surface area contributed by atoms with Gasteiger partial charge in [0, 0.05) is 5.56 Å². The monoisotopic (exact) mass is 207 g/mol. The Bertz CT molecular complexity index is 327. The molecule has 1 aliphatic rings. The molecule has 1 aromatic rings. The summed E-state index contributed by atoms with van der Waals surface area (Å²) in [6.07, 6.45) is -0.100. The maximum atomic E-state index is 12.8. The predicted molar refractivity (Wildman–Crippen MR) is 42.9 cm³/mol. The molecular formula is C7H4Cl2FNO. The van der Waals surface area contributed by atoms with E-state index in [0.29, 0.717) is 12.2 Å². The number of nitrogens with zero attached hydrogens (tertiary/aromatic N) is 1. The van der Waals surface area contributed by atoms with Gasteiger partial charge >= 0.3 is 0 Å². The van der Waals surface area contributed by atoms with Gasteiger partial charge in [-0.25, -0.2) is 9.37 Å². The van der Waals surface area contributed by atoms with Gasteiger partial charge in [0.2, 0.25) is 0 Å². The van der Waals surface area contributed by atoms with E-state index >= 15 is 0 Å². The summed E-state index contributed by atoms with van der Waals surface area (Å²) in [4.78, 5) is 3.61. The molecule has 5 heteroatoms. The molecule has 1 saturated heterocycles. The second-order valence-corrected chi connectivity index (χ2v) is 3.18. The summed E-state index contributed by atoms with van der Waals surface area (Å²) in [5.41, 5.74) is 0.568. The van der Waals surface area contributed by atoms with E-state index < -0.39 is 5.82 Å². The first kappa shape index (κ1) is 8.23. The zero-order valence-electron chi connectivity index (χ0n) is 5.85. The Morgan fingerprint density at radius 1 is 1.50 bits per heavy atom. The fraction of sp³-hybridized carbons (Fsp3) is 0.286. The number of hydrogen-bond donors (Lipinski definition) is 0. The van der Waals surface area contributed by atoms with Crippen LogP contribution in [0.25, 0.3) is 0 Å². The molecule has 1 fully saturated rings. The van der Waals surface area contributed by atoms with Crippen LogP contribution in [0.5, 0.6) is 0 Å². The Balaban J connectivity index is 2.47. The maximum Gasteiger partial charge on any atom is 0.166 e. The summed E-state index contributed by atoms with van der Waals surface area (Å²) >= 11 is 11.1. The number of epoxide rings is 1. The highest BCUT2D eigenvalue weighted by molar-refractivity contribution is 6.33. The molecule has 0 saturated carbocycles. The van der Waals surface area contributed by atoms with Crippen molar-refractivity contribution in [1.82, 2.24) is 4.98 Å². The standard InChI is InChI=1S/C7H4Cl2FNO/c8-6-3(5-2-12-5)1-4(10)7(9)11-6/h1,5H,2H2. The molecule has 0 aliphatic carbocycles. The molecular weight excluding hydrogens is 204 g/mol. The van der Waals surface area contributed by atoms with Crippen LogP contribution in [-0.4, -0.2) is 11.6 Å². The normalized spacial score (nSPS) is 21.1. The van der Waals surface area contributed by atoms with Crippen molar-refractivity contribution in [2.75, 3.05) is 6.61 Å². The zero-order valence-corrected chi connectivity index (χ0v) is 7.36. The van der Waals surface area contributed by atoms with Crippen LogP contribution in [0.3, 0.4) is 0 Å². The van der Waals surface area contributed by atoms with Crippen molar-refractivity contribution in [3.05, 3.63) is 27.8 Å². The van der Waals surface area contributed by atoms with E-state index in [1.165, 1.54) is 6.07 Å². The molecule has 0 N–H and O–H groups in total. The van der Waals surface area contributed by atoms with Gasteiger partial charge in [-0.3, -0.25) is 0 Å². The van der Waals surface area contributed by atoms with Crippen LogP contribution in [0.1, 0.15) is 11.7 Å². The number of ether oxygens (including phenoxy) is 1. The van der Waals surface area contributed by atoms with Gasteiger partial charge in [0.15, 0.2) is 11.0 Å². The molecule has 64 valence electrons. The number of halogens is 3. The lowest BCUT2D eigenvalue weighted by Crippen LogP contribution is -1.91. The van der Waals surface area contributed by atoms with Crippen molar-refractivity contribution in [3.63, 3.8) is 0 Å². The number of hydrogen-bond acceptors (Lipinski definition) is 2. The topological polar surface area (TPSA) is 25.4 Å². The first-order valence-corrected chi connectivity index (χ1v) is 4.07. The lowest BCUT2D eigenvalue weighted by molar-refractivity contribution is 0.414. The van der Waals surface area contributed by atoms with E-state index in [0.717, 1.165) is 0 Å². The minimum absolute atomic E-state index is 0.100. The third-order valence-electron chi connectivity index (χ3n) is 1.59. The van der Waals surface area contributed by atoms with Crippen molar-refractivity contribution in [3.8, 4) is 0 Å². The Labute approximate surface area is 78.3 Å². The average Bonchev–Trinajstić information content (AvgIpc) is 2.79. The van der Waals surface area contributed by atoms with Gasteiger partial charge in [-0.15, -0.1) is 0 Å². The van der Waals surface area contributed by atoms with Crippen molar-refractivity contribution >= 4 is 23.2 Å². The van der Waals surface area contributed by atoms with Crippen LogP contribution >= 0.6 is 23.2 Å². The molecule has 12 heavy (non-hydrogen) atoms. The lowest BCUT2D eigenvalue weighted by atomic mass is 10.2. The summed E-state index contributed by atoms with van der Waals surface area (Å²) in [5.74, 6) is -0.563. The maximum absolute atomic E-state index is 12.8. The van der Waals surface area contributed by atoms with Crippen LogP contribution in [0.15, 0.2) is 6.07 Å². The molecule has 0 radical (unpaired) electrons. The van der Waals surface area contributed by atoms with Crippen molar-refractivity contribution in [2.24, 2.45) is 0 Å². The van der Waals surface area contributed by atoms with Crippen molar-refractivity contribution in [1.29, 1.82) is 0 Å². The van der Waals surface area contributed by atoms with Crippen LogP contribution < -0.4 is 0 Å². The molecule has 2 rings (SSSR count). The molecule has 0 spiro atoms. The Kier molecular flexibility index (Phi) is 1.94. The highest BCUT2D eigenvalue weighted by Gasteiger charge is 2.28. The fourth-order valence-corrected chi connectivity index (χ4v) is 1.36. The molecule has 1 unspecified atom stereocenters. The summed E-state index contributed by atoms with van der Waals surface area (Å²) in [7, 11) is 0. The van der Waals surface area contributed by atoms with Crippen molar-refractivity contribution in [2.45, 2.75) is 6.10 Å². The van der Waals surface area contributed by atoms with Gasteiger partial charge in [0.1, 0.15) is 11.3 Å². The molecule has 2 heterocycles. The lowest BCUT2D eigenvalue weighted by Gasteiger charge is -2.00. The van der Waals surface area contributed by atoms with Gasteiger partial charge in [-0.1, -0.05) is 23.2 Å². The molecule has 0 bridgehead atoms. The largest absolute Gasteiger partial charge is 0.368 e. The van der Waals surface area contributed by atoms with E-state index in [2.05, 4.69) is 4.98 Å². The highest BCUT2D eigenvalue weighted by Crippen LogP contribution is 2.35. The fourth-order valence-electron chi connectivity index (χ4n) is 0.913. The highest BCUT2D eigenvalue weighted by atomic mass is 35.5. The van der Waals surface area contributed by atoms with Gasteiger partial charge in [-0.2, -0.15) is 0 Å². The van der Waals surface area contributed by atoms with E-state index in [4.69, 9.17) is 27.9 Å². The SMILES string of the molecule is Fc1cc(C2CO2)c(Cl)nc1Cl. The van der Waals surface area contributed by atoms with Gasteiger partial charge in [0.05, 0.1) is 6.61 Å². The molecule has 0 aromatic carbocycles. The summed E-state index contributed by atoms with van der Waals surface area (Å²) in [6.45, 7) is 0.572. The van der Waals surface area contributed by atoms with E-state index in [-0.39, 0.29) is 16.4 Å². The predicted octanol–water partition coefficient (Wildman–Crippen LogP) is 2.60. The molecule has 1 aromatic heterocycles. The molecule has 1 aliphatic heterocycles. The first-order valence-electron chi connectivity index (χ1n) is 3.31. The van der Waals surface area contributed by atoms with Gasteiger partial charge in [0.25, 0.3) is 0 Å². The summed E-state index contributed by atoms with van der Waals surface area (Å²) < 4.78 is 17.8. The number of rotatable bonds is 1. The smallest absolute Gasteiger partial charge is 0.166 e. The van der Waals surface area contributed by atoms with Crippen LogP contribution in [-0.2, 0) is 4.74 Å². The third kappa shape index (κ3) is 1.40. The summed E-state index contributed by atoms with van der Waals surface area (Å²) in [6, 6.07) is 1.26. The minimum atomic E-state index is -0.563. The van der Waals surface area contributed by atoms with Crippen LogP contribution in [0, 0.1) is 5.82 Å². The second-order valence-electron chi connectivity index (χ2n) is 2.46. The number of aromatic nitrogens is 1. The Morgan fingerprint density at radius 3 is 2.75 bits per heavy atom. The third-order valence-corrected chi connectivity index (χ3v) is 2.16. The van der Waals surface area contributed by atoms with Gasteiger partial charge in [-0.05, 0) is 6.07 Å². The Hall–Kier alpha value is -0.380. The van der Waals surface area contributed by atoms with Gasteiger partial charge < -0.3 is 4.74 Å². The first-order chi connectivity index (χ1) is 5.68. The summed E-state index contributed by atoms with van der Waals surface area (Å²) in [5, 5.41) is 0.00769. The van der Waals surface area contributed by atoms with E-state index in [9.17, 15) is 4.39 Å². The minimum Gasteiger partial charge on any atom is -0.368 e. The van der Waals surface area contributed by atoms with E-state index in [1.807, 2.05) is 0 Å². The molecule has 0 amide bonds. The molecule has 2 nitrogen and oxygen atoms in total. The quantitative estimate of drug-likeness (QED) is 0.523. The van der Waals surface area contributed by atoms with Crippen LogP contribution in [0.4, 0.5) is 4.39 Å². The number of pyridine rings is 1. The van der Waals surface area contributed by atoms with Crippen molar-refractivity contribution < 1.29 is 9.13 Å². The zero-order chi connectivity index (χ0) is 8.72. The average molecular weight is 208 g/mol. The van der Waals surface area contributed by atoms with E-state index in [1.54, 1.807) is 0 Å². The molecule has 1 atom stereocenters. The second kappa shape index (κ2) is 2.83.